The molecule has 6 heteroatoms. The van der Waals surface area contributed by atoms with Gasteiger partial charge in [-0.05, 0) is 75.4 Å². The largest absolute Gasteiger partial charge is 0.494 e. The van der Waals surface area contributed by atoms with E-state index in [-0.39, 0.29) is 11.3 Å². The Hall–Kier alpha value is -3.41. The normalized spacial score (nSPS) is 14.8. The van der Waals surface area contributed by atoms with Crippen molar-refractivity contribution < 1.29 is 13.9 Å². The highest BCUT2D eigenvalue weighted by Gasteiger charge is 2.37. The molecule has 2 aromatic carbocycles. The Morgan fingerprint density at radius 1 is 1.09 bits per heavy atom. The summed E-state index contributed by atoms with van der Waals surface area (Å²) in [5.74, 6) is 0.148. The smallest absolute Gasteiger partial charge is 0.261 e. The van der Waals surface area contributed by atoms with Gasteiger partial charge in [0, 0.05) is 11.3 Å². The van der Waals surface area contributed by atoms with Crippen molar-refractivity contribution in [3.05, 3.63) is 81.8 Å². The van der Waals surface area contributed by atoms with Crippen molar-refractivity contribution in [2.45, 2.75) is 45.2 Å². The van der Waals surface area contributed by atoms with Gasteiger partial charge in [-0.2, -0.15) is 0 Å². The van der Waals surface area contributed by atoms with E-state index in [4.69, 9.17) is 4.74 Å². The zero-order chi connectivity index (χ0) is 22.7. The van der Waals surface area contributed by atoms with Gasteiger partial charge in [0.1, 0.15) is 11.3 Å². The lowest BCUT2D eigenvalue weighted by Crippen LogP contribution is -2.29. The summed E-state index contributed by atoms with van der Waals surface area (Å²) in [4.78, 5) is 28.9. The quantitative estimate of drug-likeness (QED) is 0.520. The fourth-order valence-corrected chi connectivity index (χ4v) is 4.19. The number of anilines is 1. The number of carbonyl (C=O) groups is 1. The molecule has 0 radical (unpaired) electrons. The minimum atomic E-state index is -1.57. The molecule has 32 heavy (non-hydrogen) atoms. The molecule has 5 nitrogen and oxygen atoms in total. The lowest BCUT2D eigenvalue weighted by Gasteiger charge is -2.21. The third-order valence-electron chi connectivity index (χ3n) is 5.92. The Balaban J connectivity index is 1.75. The molecule has 0 atom stereocenters. The minimum Gasteiger partial charge on any atom is -0.494 e. The van der Waals surface area contributed by atoms with Crippen LogP contribution in [0.15, 0.2) is 59.4 Å². The van der Waals surface area contributed by atoms with Gasteiger partial charge >= 0.3 is 0 Å². The summed E-state index contributed by atoms with van der Waals surface area (Å²) in [7, 11) is 0. The highest BCUT2D eigenvalue weighted by molar-refractivity contribution is 6.08. The van der Waals surface area contributed by atoms with Crippen LogP contribution in [-0.4, -0.2) is 17.5 Å². The molecule has 1 amide bonds. The first-order valence-electron chi connectivity index (χ1n) is 11.0. The number of nitrogens with one attached hydrogen (secondary N) is 2. The third kappa shape index (κ3) is 4.44. The molecular weight excluding hydrogens is 407 g/mol. The number of halogens is 1. The lowest BCUT2D eigenvalue weighted by atomic mass is 9.93. The minimum absolute atomic E-state index is 0.0342. The zero-order valence-corrected chi connectivity index (χ0v) is 18.3. The number of pyridine rings is 1. The third-order valence-corrected chi connectivity index (χ3v) is 5.92. The Morgan fingerprint density at radius 2 is 1.75 bits per heavy atom. The van der Waals surface area contributed by atoms with Crippen LogP contribution in [0.5, 0.6) is 5.75 Å². The van der Waals surface area contributed by atoms with Gasteiger partial charge in [0.2, 0.25) is 0 Å². The number of aryl methyl sites for hydroxylation is 1. The van der Waals surface area contributed by atoms with E-state index in [1.807, 2.05) is 38.1 Å². The van der Waals surface area contributed by atoms with Crippen LogP contribution >= 0.6 is 0 Å². The SMILES string of the molecule is CCOc1ccc(NC(=O)c2c(-c3ccc(C)cc3)cc(C3(F)CCCC3)[nH]c2=O)cc1. The van der Waals surface area contributed by atoms with Gasteiger partial charge in [-0.25, -0.2) is 4.39 Å². The van der Waals surface area contributed by atoms with Gasteiger partial charge in [-0.1, -0.05) is 29.8 Å². The molecule has 0 spiro atoms. The van der Waals surface area contributed by atoms with Crippen LogP contribution in [0.3, 0.4) is 0 Å². The second-order valence-electron chi connectivity index (χ2n) is 8.25. The Labute approximate surface area is 186 Å². The van der Waals surface area contributed by atoms with E-state index in [9.17, 15) is 9.59 Å². The number of H-pyrrole nitrogens is 1. The number of hydrogen-bond donors (Lipinski definition) is 2. The molecule has 1 heterocycles. The topological polar surface area (TPSA) is 71.2 Å². The van der Waals surface area contributed by atoms with Crippen LogP contribution in [0.4, 0.5) is 10.1 Å². The number of rotatable bonds is 6. The molecule has 1 fully saturated rings. The summed E-state index contributed by atoms with van der Waals surface area (Å²) < 4.78 is 20.9. The van der Waals surface area contributed by atoms with Crippen molar-refractivity contribution in [3.63, 3.8) is 0 Å². The molecule has 1 aliphatic carbocycles. The highest BCUT2D eigenvalue weighted by atomic mass is 19.1. The molecular formula is C26H27FN2O3. The number of carbonyl (C=O) groups excluding carboxylic acids is 1. The Morgan fingerprint density at radius 3 is 2.38 bits per heavy atom. The molecule has 1 saturated carbocycles. The molecule has 0 bridgehead atoms. The molecule has 2 N–H and O–H groups in total. The summed E-state index contributed by atoms with van der Waals surface area (Å²) in [5.41, 5.74) is 0.763. The fraction of sp³-hybridized carbons (Fsp3) is 0.308. The maximum atomic E-state index is 15.5. The van der Waals surface area contributed by atoms with E-state index in [1.165, 1.54) is 0 Å². The maximum Gasteiger partial charge on any atom is 0.261 e. The maximum absolute atomic E-state index is 15.5. The van der Waals surface area contributed by atoms with Gasteiger partial charge < -0.3 is 15.0 Å². The lowest BCUT2D eigenvalue weighted by molar-refractivity contribution is 0.102. The zero-order valence-electron chi connectivity index (χ0n) is 18.3. The number of aromatic amines is 1. The van der Waals surface area contributed by atoms with Crippen LogP contribution in [0.2, 0.25) is 0 Å². The van der Waals surface area contributed by atoms with Crippen molar-refractivity contribution >= 4 is 11.6 Å². The Kier molecular flexibility index (Phi) is 6.12. The first-order chi connectivity index (χ1) is 15.4. The summed E-state index contributed by atoms with van der Waals surface area (Å²) in [6.07, 6.45) is 2.29. The van der Waals surface area contributed by atoms with Crippen molar-refractivity contribution in [2.75, 3.05) is 11.9 Å². The number of aromatic nitrogens is 1. The van der Waals surface area contributed by atoms with E-state index in [0.29, 0.717) is 42.0 Å². The van der Waals surface area contributed by atoms with Gasteiger partial charge in [-0.15, -0.1) is 0 Å². The summed E-state index contributed by atoms with van der Waals surface area (Å²) in [6.45, 7) is 4.40. The second kappa shape index (κ2) is 8.99. The van der Waals surface area contributed by atoms with Crippen LogP contribution in [0.1, 0.15) is 54.2 Å². The number of hydrogen-bond acceptors (Lipinski definition) is 3. The average Bonchev–Trinajstić information content (AvgIpc) is 3.23. The number of amides is 1. The predicted molar refractivity (Wildman–Crippen MR) is 124 cm³/mol. The molecule has 3 aromatic rings. The van der Waals surface area contributed by atoms with Gasteiger partial charge in [0.15, 0.2) is 5.67 Å². The highest BCUT2D eigenvalue weighted by Crippen LogP contribution is 2.42. The second-order valence-corrected chi connectivity index (χ2v) is 8.25. The van der Waals surface area contributed by atoms with Crippen molar-refractivity contribution in [3.8, 4) is 16.9 Å². The average molecular weight is 435 g/mol. The first-order valence-corrected chi connectivity index (χ1v) is 11.0. The van der Waals surface area contributed by atoms with Crippen LogP contribution in [-0.2, 0) is 5.67 Å². The van der Waals surface area contributed by atoms with E-state index in [0.717, 1.165) is 18.4 Å². The van der Waals surface area contributed by atoms with E-state index in [2.05, 4.69) is 10.3 Å². The van der Waals surface area contributed by atoms with Crippen molar-refractivity contribution in [2.24, 2.45) is 0 Å². The van der Waals surface area contributed by atoms with Gasteiger partial charge in [-0.3, -0.25) is 9.59 Å². The summed E-state index contributed by atoms with van der Waals surface area (Å²) >= 11 is 0. The van der Waals surface area contributed by atoms with Crippen molar-refractivity contribution in [1.29, 1.82) is 0 Å². The molecule has 0 aliphatic heterocycles. The Bertz CT molecular complexity index is 1160. The monoisotopic (exact) mass is 434 g/mol. The van der Waals surface area contributed by atoms with Crippen molar-refractivity contribution in [1.82, 2.24) is 4.98 Å². The van der Waals surface area contributed by atoms with E-state index in [1.54, 1.807) is 30.3 Å². The standard InChI is InChI=1S/C26H27FN2O3/c1-3-32-20-12-10-19(11-13-20)28-24(30)23-21(18-8-6-17(2)7-9-18)16-22(29-25(23)31)26(27)14-4-5-15-26/h6-13,16H,3-5,14-15H2,1-2H3,(H,28,30)(H,29,31). The molecule has 0 saturated heterocycles. The molecule has 1 aliphatic rings. The number of benzene rings is 2. The fourth-order valence-electron chi connectivity index (χ4n) is 4.19. The van der Waals surface area contributed by atoms with Gasteiger partial charge in [0.05, 0.1) is 12.3 Å². The number of alkyl halides is 1. The van der Waals surface area contributed by atoms with Crippen LogP contribution in [0, 0.1) is 6.92 Å². The van der Waals surface area contributed by atoms with Crippen LogP contribution < -0.4 is 15.6 Å². The predicted octanol–water partition coefficient (Wildman–Crippen LogP) is 5.74. The van der Waals surface area contributed by atoms with E-state index < -0.39 is 17.1 Å². The summed E-state index contributed by atoms with van der Waals surface area (Å²) in [5, 5.41) is 2.78. The number of ether oxygens (including phenoxy) is 1. The molecule has 0 unspecified atom stereocenters. The van der Waals surface area contributed by atoms with Gasteiger partial charge in [0.25, 0.3) is 11.5 Å². The molecule has 1 aromatic heterocycles. The summed E-state index contributed by atoms with van der Waals surface area (Å²) in [6, 6.07) is 16.1. The van der Waals surface area contributed by atoms with Crippen LogP contribution in [0.25, 0.3) is 11.1 Å². The molecule has 166 valence electrons. The molecule has 4 rings (SSSR count). The van der Waals surface area contributed by atoms with E-state index >= 15 is 4.39 Å². The first kappa shape index (κ1) is 21.8.